The molecule has 6 heteroatoms. The van der Waals surface area contributed by atoms with Gasteiger partial charge in [-0.1, -0.05) is 0 Å². The number of nitrogens with zero attached hydrogens (tertiary/aromatic N) is 4. The van der Waals surface area contributed by atoms with Crippen LogP contribution in [0.15, 0.2) is 22.2 Å². The maximum absolute atomic E-state index is 4.12. The zero-order valence-electron chi connectivity index (χ0n) is 8.64. The van der Waals surface area contributed by atoms with Crippen LogP contribution >= 0.6 is 27.3 Å². The number of fused-ring (bicyclic) bond motifs is 1. The second-order valence-electron chi connectivity index (χ2n) is 3.84. The van der Waals surface area contributed by atoms with Crippen LogP contribution < -0.4 is 0 Å². The molecule has 2 aromatic rings. The topological polar surface area (TPSA) is 34.0 Å². The molecule has 16 heavy (non-hydrogen) atoms. The molecule has 0 N–H and O–H groups in total. The summed E-state index contributed by atoms with van der Waals surface area (Å²) in [7, 11) is 0. The molecule has 0 fully saturated rings. The van der Waals surface area contributed by atoms with Crippen LogP contribution in [0.5, 0.6) is 0 Å². The van der Waals surface area contributed by atoms with Gasteiger partial charge in [0.25, 0.3) is 0 Å². The first-order chi connectivity index (χ1) is 7.83. The summed E-state index contributed by atoms with van der Waals surface area (Å²) in [4.78, 5) is 3.79. The summed E-state index contributed by atoms with van der Waals surface area (Å²) < 4.78 is 3.34. The van der Waals surface area contributed by atoms with Crippen LogP contribution in [0.1, 0.15) is 10.7 Å². The zero-order chi connectivity index (χ0) is 11.0. The van der Waals surface area contributed by atoms with Gasteiger partial charge in [0.1, 0.15) is 12.2 Å². The zero-order valence-corrected chi connectivity index (χ0v) is 11.0. The van der Waals surface area contributed by atoms with Gasteiger partial charge in [0.05, 0.1) is 6.54 Å². The first-order valence-electron chi connectivity index (χ1n) is 5.14. The van der Waals surface area contributed by atoms with Crippen LogP contribution in [0.3, 0.4) is 0 Å². The van der Waals surface area contributed by atoms with Gasteiger partial charge in [0, 0.05) is 29.0 Å². The van der Waals surface area contributed by atoms with E-state index >= 15 is 0 Å². The number of halogens is 1. The van der Waals surface area contributed by atoms with Gasteiger partial charge in [-0.25, -0.2) is 0 Å². The monoisotopic (exact) mass is 298 g/mol. The minimum absolute atomic E-state index is 0.893. The number of hydrogen-bond donors (Lipinski definition) is 0. The Morgan fingerprint density at radius 2 is 2.38 bits per heavy atom. The third-order valence-electron chi connectivity index (χ3n) is 2.78. The van der Waals surface area contributed by atoms with Crippen molar-refractivity contribution in [2.24, 2.45) is 0 Å². The second-order valence-corrected chi connectivity index (χ2v) is 5.70. The van der Waals surface area contributed by atoms with Crippen molar-refractivity contribution in [2.45, 2.75) is 19.6 Å². The van der Waals surface area contributed by atoms with Crippen LogP contribution in [-0.2, 0) is 19.6 Å². The van der Waals surface area contributed by atoms with Gasteiger partial charge in [-0.3, -0.25) is 4.90 Å². The summed E-state index contributed by atoms with van der Waals surface area (Å²) in [6.45, 7) is 3.94. The van der Waals surface area contributed by atoms with Crippen LogP contribution in [0.25, 0.3) is 0 Å². The quantitative estimate of drug-likeness (QED) is 0.852. The molecule has 1 aliphatic heterocycles. The Bertz CT molecular complexity index is 492. The maximum Gasteiger partial charge on any atom is 0.147 e. The largest absolute Gasteiger partial charge is 0.315 e. The first-order valence-corrected chi connectivity index (χ1v) is 6.81. The van der Waals surface area contributed by atoms with Gasteiger partial charge in [0.15, 0.2) is 0 Å². The van der Waals surface area contributed by atoms with Crippen LogP contribution in [0, 0.1) is 0 Å². The maximum atomic E-state index is 4.12. The molecule has 0 amide bonds. The average Bonchev–Trinajstić information content (AvgIpc) is 2.88. The molecule has 0 saturated carbocycles. The number of rotatable bonds is 2. The van der Waals surface area contributed by atoms with Crippen molar-refractivity contribution in [2.75, 3.05) is 6.54 Å². The summed E-state index contributed by atoms with van der Waals surface area (Å²) in [6.07, 6.45) is 1.81. The van der Waals surface area contributed by atoms with E-state index in [9.17, 15) is 0 Å². The third kappa shape index (κ3) is 1.92. The number of aromatic nitrogens is 3. The Morgan fingerprint density at radius 1 is 1.44 bits per heavy atom. The van der Waals surface area contributed by atoms with Gasteiger partial charge in [0.2, 0.25) is 0 Å². The van der Waals surface area contributed by atoms with E-state index in [-0.39, 0.29) is 0 Å². The molecule has 0 spiro atoms. The van der Waals surface area contributed by atoms with Crippen molar-refractivity contribution < 1.29 is 0 Å². The fraction of sp³-hybridized carbons (Fsp3) is 0.400. The van der Waals surface area contributed by atoms with Crippen molar-refractivity contribution in [1.82, 2.24) is 19.7 Å². The van der Waals surface area contributed by atoms with Crippen molar-refractivity contribution in [3.8, 4) is 0 Å². The van der Waals surface area contributed by atoms with Crippen molar-refractivity contribution in [3.63, 3.8) is 0 Å². The van der Waals surface area contributed by atoms with Crippen molar-refractivity contribution >= 4 is 27.3 Å². The second kappa shape index (κ2) is 4.27. The molecule has 1 aliphatic rings. The Kier molecular flexibility index (Phi) is 2.79. The molecule has 0 unspecified atom stereocenters. The Balaban J connectivity index is 1.73. The molecule has 84 valence electrons. The predicted octanol–water partition coefficient (Wildman–Crippen LogP) is 2.12. The Labute approximate surface area is 106 Å². The highest BCUT2D eigenvalue weighted by Crippen LogP contribution is 2.25. The molecular weight excluding hydrogens is 288 g/mol. The first kappa shape index (κ1) is 10.4. The third-order valence-corrected chi connectivity index (χ3v) is 4.69. The number of hydrogen-bond acceptors (Lipinski definition) is 4. The molecule has 3 heterocycles. The lowest BCUT2D eigenvalue weighted by molar-refractivity contribution is 0.210. The average molecular weight is 299 g/mol. The minimum Gasteiger partial charge on any atom is -0.315 e. The lowest BCUT2D eigenvalue weighted by atomic mass is 10.3. The molecule has 0 aromatic carbocycles. The lowest BCUT2D eigenvalue weighted by Gasteiger charge is -2.26. The van der Waals surface area contributed by atoms with Crippen molar-refractivity contribution in [1.29, 1.82) is 0 Å². The van der Waals surface area contributed by atoms with Gasteiger partial charge in [-0.15, -0.1) is 21.5 Å². The molecule has 0 radical (unpaired) electrons. The van der Waals surface area contributed by atoms with E-state index in [1.165, 1.54) is 9.35 Å². The Hall–Kier alpha value is -0.720. The van der Waals surface area contributed by atoms with Gasteiger partial charge < -0.3 is 4.57 Å². The van der Waals surface area contributed by atoms with Gasteiger partial charge in [-0.2, -0.15) is 0 Å². The summed E-state index contributed by atoms with van der Waals surface area (Å²) >= 11 is 5.36. The van der Waals surface area contributed by atoms with E-state index in [0.717, 1.165) is 32.0 Å². The molecule has 0 bridgehead atoms. The highest BCUT2D eigenvalue weighted by Gasteiger charge is 2.18. The fourth-order valence-corrected chi connectivity index (χ4v) is 3.41. The highest BCUT2D eigenvalue weighted by molar-refractivity contribution is 9.10. The summed E-state index contributed by atoms with van der Waals surface area (Å²) in [5, 5.41) is 10.2. The SMILES string of the molecule is Brc1ccsc1CN1CCn2cnnc2C1. The van der Waals surface area contributed by atoms with Crippen molar-refractivity contribution in [3.05, 3.63) is 32.9 Å². The number of thiophene rings is 1. The Morgan fingerprint density at radius 3 is 3.19 bits per heavy atom. The highest BCUT2D eigenvalue weighted by atomic mass is 79.9. The smallest absolute Gasteiger partial charge is 0.147 e. The van der Waals surface area contributed by atoms with Gasteiger partial charge in [-0.05, 0) is 27.4 Å². The van der Waals surface area contributed by atoms with E-state index in [1.807, 2.05) is 6.33 Å². The van der Waals surface area contributed by atoms with E-state index in [2.05, 4.69) is 47.0 Å². The molecule has 2 aromatic heterocycles. The molecule has 3 rings (SSSR count). The van der Waals surface area contributed by atoms with Gasteiger partial charge >= 0.3 is 0 Å². The van der Waals surface area contributed by atoms with E-state index < -0.39 is 0 Å². The summed E-state index contributed by atoms with van der Waals surface area (Å²) in [5.41, 5.74) is 0. The normalized spacial score (nSPS) is 16.3. The minimum atomic E-state index is 0.893. The van der Waals surface area contributed by atoms with E-state index in [0.29, 0.717) is 0 Å². The summed E-state index contributed by atoms with van der Waals surface area (Å²) in [5.74, 6) is 1.07. The standard InChI is InChI=1S/C10H11BrN4S/c11-8-1-4-16-9(8)5-14-2-3-15-7-12-13-10(15)6-14/h1,4,7H,2-3,5-6H2. The predicted molar refractivity (Wildman–Crippen MR) is 66.2 cm³/mol. The molecule has 0 aliphatic carbocycles. The fourth-order valence-electron chi connectivity index (χ4n) is 1.89. The lowest BCUT2D eigenvalue weighted by Crippen LogP contribution is -2.32. The molecule has 0 atom stereocenters. The van der Waals surface area contributed by atoms with E-state index in [4.69, 9.17) is 0 Å². The molecule has 4 nitrogen and oxygen atoms in total. The van der Waals surface area contributed by atoms with Crippen LogP contribution in [0.2, 0.25) is 0 Å². The molecular formula is C10H11BrN4S. The van der Waals surface area contributed by atoms with Crippen LogP contribution in [0.4, 0.5) is 0 Å². The molecule has 0 saturated heterocycles. The van der Waals surface area contributed by atoms with Crippen LogP contribution in [-0.4, -0.2) is 26.2 Å². The summed E-state index contributed by atoms with van der Waals surface area (Å²) in [6, 6.07) is 2.10. The van der Waals surface area contributed by atoms with E-state index in [1.54, 1.807) is 11.3 Å².